The van der Waals surface area contributed by atoms with Crippen molar-refractivity contribution >= 4 is 11.8 Å². The van der Waals surface area contributed by atoms with Crippen LogP contribution < -0.4 is 5.32 Å². The van der Waals surface area contributed by atoms with Crippen molar-refractivity contribution in [3.8, 4) is 0 Å². The fraction of sp³-hybridized carbons (Fsp3) is 0.875. The minimum Gasteiger partial charge on any atom is -0.343 e. The summed E-state index contributed by atoms with van der Waals surface area (Å²) in [6.45, 7) is 6.28. The van der Waals surface area contributed by atoms with Crippen LogP contribution in [0.1, 0.15) is 65.7 Å². The van der Waals surface area contributed by atoms with Crippen molar-refractivity contribution in [3.63, 3.8) is 0 Å². The van der Waals surface area contributed by atoms with Gasteiger partial charge in [-0.15, -0.1) is 0 Å². The maximum absolute atomic E-state index is 12.8. The highest BCUT2D eigenvalue weighted by Gasteiger charge is 2.44. The molecule has 114 valence electrons. The number of carbonyl (C=O) groups is 2. The van der Waals surface area contributed by atoms with Crippen molar-refractivity contribution in [3.05, 3.63) is 0 Å². The predicted molar refractivity (Wildman–Crippen MR) is 79.2 cm³/mol. The average Bonchev–Trinajstić information content (AvgIpc) is 2.43. The third-order valence-corrected chi connectivity index (χ3v) is 4.90. The Balaban J connectivity index is 2.23. The van der Waals surface area contributed by atoms with Gasteiger partial charge in [-0.25, -0.2) is 0 Å². The number of rotatable bonds is 4. The molecule has 4 nitrogen and oxygen atoms in total. The zero-order valence-electron chi connectivity index (χ0n) is 13.0. The van der Waals surface area contributed by atoms with E-state index >= 15 is 0 Å². The van der Waals surface area contributed by atoms with E-state index < -0.39 is 0 Å². The zero-order chi connectivity index (χ0) is 14.7. The van der Waals surface area contributed by atoms with Gasteiger partial charge in [0.1, 0.15) is 12.1 Å². The van der Waals surface area contributed by atoms with Gasteiger partial charge in [-0.05, 0) is 31.6 Å². The van der Waals surface area contributed by atoms with Gasteiger partial charge < -0.3 is 10.2 Å². The molecule has 20 heavy (non-hydrogen) atoms. The van der Waals surface area contributed by atoms with Gasteiger partial charge in [0.15, 0.2) is 0 Å². The first-order valence-corrected chi connectivity index (χ1v) is 8.22. The Morgan fingerprint density at radius 1 is 1.20 bits per heavy atom. The van der Waals surface area contributed by atoms with Gasteiger partial charge in [0.05, 0.1) is 0 Å². The summed E-state index contributed by atoms with van der Waals surface area (Å²) >= 11 is 0. The van der Waals surface area contributed by atoms with Crippen LogP contribution in [-0.4, -0.2) is 34.8 Å². The quantitative estimate of drug-likeness (QED) is 0.860. The molecule has 1 saturated carbocycles. The van der Waals surface area contributed by atoms with Crippen molar-refractivity contribution in [1.29, 1.82) is 0 Å². The van der Waals surface area contributed by atoms with Gasteiger partial charge in [0.25, 0.3) is 0 Å². The molecule has 0 spiro atoms. The normalized spacial score (nSPS) is 35.0. The van der Waals surface area contributed by atoms with Crippen LogP contribution in [0.15, 0.2) is 0 Å². The van der Waals surface area contributed by atoms with E-state index in [1.807, 2.05) is 11.8 Å². The molecule has 1 N–H and O–H groups in total. The Labute approximate surface area is 122 Å². The molecule has 0 radical (unpaired) electrons. The van der Waals surface area contributed by atoms with Crippen LogP contribution in [0.2, 0.25) is 0 Å². The fourth-order valence-electron chi connectivity index (χ4n) is 3.76. The Morgan fingerprint density at radius 2 is 1.90 bits per heavy atom. The molecular formula is C16H28N2O2. The minimum absolute atomic E-state index is 0.0447. The second-order valence-corrected chi connectivity index (χ2v) is 6.35. The Hall–Kier alpha value is -1.06. The maximum atomic E-state index is 12.8. The molecular weight excluding hydrogens is 252 g/mol. The number of nitrogens with one attached hydrogen (secondary N) is 1. The zero-order valence-corrected chi connectivity index (χ0v) is 13.0. The lowest BCUT2D eigenvalue weighted by Gasteiger charge is -2.46. The smallest absolute Gasteiger partial charge is 0.246 e. The lowest BCUT2D eigenvalue weighted by Crippen LogP contribution is -2.66. The number of nitrogens with zero attached hydrogens (tertiary/aromatic N) is 1. The summed E-state index contributed by atoms with van der Waals surface area (Å²) in [7, 11) is 0. The van der Waals surface area contributed by atoms with Crippen molar-refractivity contribution in [1.82, 2.24) is 10.2 Å². The lowest BCUT2D eigenvalue weighted by molar-refractivity contribution is -0.154. The van der Waals surface area contributed by atoms with Crippen molar-refractivity contribution < 1.29 is 9.59 Å². The topological polar surface area (TPSA) is 49.4 Å². The lowest BCUT2D eigenvalue weighted by atomic mass is 9.83. The third-order valence-electron chi connectivity index (χ3n) is 4.90. The molecule has 1 aliphatic heterocycles. The van der Waals surface area contributed by atoms with Crippen molar-refractivity contribution in [2.24, 2.45) is 5.92 Å². The van der Waals surface area contributed by atoms with Gasteiger partial charge >= 0.3 is 0 Å². The van der Waals surface area contributed by atoms with E-state index in [2.05, 4.69) is 19.2 Å². The van der Waals surface area contributed by atoms with Crippen LogP contribution in [0.5, 0.6) is 0 Å². The molecule has 4 atom stereocenters. The average molecular weight is 280 g/mol. The number of amides is 2. The summed E-state index contributed by atoms with van der Waals surface area (Å²) in [5.41, 5.74) is 0. The van der Waals surface area contributed by atoms with Crippen LogP contribution in [0.25, 0.3) is 0 Å². The predicted octanol–water partition coefficient (Wildman–Crippen LogP) is 2.47. The Kier molecular flexibility index (Phi) is 5.06. The first-order chi connectivity index (χ1) is 9.60. The highest BCUT2D eigenvalue weighted by atomic mass is 16.2. The highest BCUT2D eigenvalue weighted by molar-refractivity contribution is 5.97. The van der Waals surface area contributed by atoms with Gasteiger partial charge in [-0.2, -0.15) is 0 Å². The summed E-state index contributed by atoms with van der Waals surface area (Å²) in [4.78, 5) is 27.0. The molecule has 2 amide bonds. The number of piperazine rings is 1. The standard InChI is InChI=1S/C16H28N2O2/c1-4-8-12-16(20)18(13(5-2)15(19)17-12)14-10-7-6-9-11(14)3/h11-14H,4-10H2,1-3H3,(H,17,19). The molecule has 2 aliphatic rings. The largest absolute Gasteiger partial charge is 0.343 e. The SMILES string of the molecule is CCCC1NC(=O)C(CC)N(C2CCCCC2C)C1=O. The first kappa shape index (κ1) is 15.3. The molecule has 2 rings (SSSR count). The van der Waals surface area contributed by atoms with Crippen LogP contribution in [0.4, 0.5) is 0 Å². The Morgan fingerprint density at radius 3 is 2.50 bits per heavy atom. The fourth-order valence-corrected chi connectivity index (χ4v) is 3.76. The van der Waals surface area contributed by atoms with Gasteiger partial charge in [-0.3, -0.25) is 9.59 Å². The van der Waals surface area contributed by atoms with Gasteiger partial charge in [0, 0.05) is 6.04 Å². The van der Waals surface area contributed by atoms with E-state index in [9.17, 15) is 9.59 Å². The molecule has 2 fully saturated rings. The van der Waals surface area contributed by atoms with E-state index in [1.165, 1.54) is 19.3 Å². The van der Waals surface area contributed by atoms with E-state index in [-0.39, 0.29) is 29.9 Å². The van der Waals surface area contributed by atoms with Crippen molar-refractivity contribution in [2.45, 2.75) is 83.8 Å². The van der Waals surface area contributed by atoms with E-state index in [1.54, 1.807) is 0 Å². The van der Waals surface area contributed by atoms with E-state index in [4.69, 9.17) is 0 Å². The molecule has 1 saturated heterocycles. The molecule has 0 bridgehead atoms. The van der Waals surface area contributed by atoms with Crippen LogP contribution in [0.3, 0.4) is 0 Å². The summed E-state index contributed by atoms with van der Waals surface area (Å²) in [5, 5.41) is 2.92. The third kappa shape index (κ3) is 2.84. The first-order valence-electron chi connectivity index (χ1n) is 8.22. The number of carbonyl (C=O) groups excluding carboxylic acids is 2. The molecule has 0 aromatic heterocycles. The second-order valence-electron chi connectivity index (χ2n) is 6.35. The molecule has 0 aromatic rings. The van der Waals surface area contributed by atoms with E-state index in [0.29, 0.717) is 12.3 Å². The highest BCUT2D eigenvalue weighted by Crippen LogP contribution is 2.32. The van der Waals surface area contributed by atoms with E-state index in [0.717, 1.165) is 19.3 Å². The summed E-state index contributed by atoms with van der Waals surface area (Å²) in [6.07, 6.45) is 7.02. The van der Waals surface area contributed by atoms with Crippen LogP contribution in [-0.2, 0) is 9.59 Å². The summed E-state index contributed by atoms with van der Waals surface area (Å²) in [5.74, 6) is 0.704. The van der Waals surface area contributed by atoms with Crippen molar-refractivity contribution in [2.75, 3.05) is 0 Å². The van der Waals surface area contributed by atoms with Gasteiger partial charge in [0.2, 0.25) is 11.8 Å². The molecule has 0 aromatic carbocycles. The van der Waals surface area contributed by atoms with Gasteiger partial charge in [-0.1, -0.05) is 40.0 Å². The molecule has 1 heterocycles. The number of hydrogen-bond donors (Lipinski definition) is 1. The molecule has 4 heteroatoms. The molecule has 1 aliphatic carbocycles. The molecule has 4 unspecified atom stereocenters. The number of hydrogen-bond acceptors (Lipinski definition) is 2. The van der Waals surface area contributed by atoms with Crippen LogP contribution >= 0.6 is 0 Å². The second kappa shape index (κ2) is 6.59. The Bertz CT molecular complexity index is 369. The minimum atomic E-state index is -0.301. The summed E-state index contributed by atoms with van der Waals surface area (Å²) < 4.78 is 0. The summed E-state index contributed by atoms with van der Waals surface area (Å²) in [6, 6.07) is -0.308. The monoisotopic (exact) mass is 280 g/mol. The van der Waals surface area contributed by atoms with Crippen LogP contribution in [0, 0.1) is 5.92 Å². The maximum Gasteiger partial charge on any atom is 0.246 e.